The van der Waals surface area contributed by atoms with Gasteiger partial charge in [-0.15, -0.1) is 0 Å². The topological polar surface area (TPSA) is 79.5 Å². The molecule has 3 N–H and O–H groups in total. The van der Waals surface area contributed by atoms with E-state index in [4.69, 9.17) is 4.74 Å². The van der Waals surface area contributed by atoms with Gasteiger partial charge in [-0.3, -0.25) is 0 Å². The van der Waals surface area contributed by atoms with Crippen LogP contribution < -0.4 is 16.0 Å². The van der Waals surface area contributed by atoms with Crippen molar-refractivity contribution in [3.8, 4) is 0 Å². The van der Waals surface area contributed by atoms with Crippen molar-refractivity contribution in [2.75, 3.05) is 11.9 Å². The first kappa shape index (κ1) is 20.3. The van der Waals surface area contributed by atoms with Crippen LogP contribution in [-0.2, 0) is 17.7 Å². The first-order valence-electron chi connectivity index (χ1n) is 8.96. The van der Waals surface area contributed by atoms with Crippen molar-refractivity contribution in [1.82, 2.24) is 10.6 Å². The van der Waals surface area contributed by atoms with E-state index < -0.39 is 11.7 Å². The van der Waals surface area contributed by atoms with Crippen LogP contribution in [0.4, 0.5) is 15.3 Å². The number of rotatable bonds is 6. The largest absolute Gasteiger partial charge is 0.444 e. The quantitative estimate of drug-likeness (QED) is 0.718. The fourth-order valence-electron chi connectivity index (χ4n) is 2.39. The predicted molar refractivity (Wildman–Crippen MR) is 107 cm³/mol. The molecule has 0 aliphatic rings. The third-order valence-corrected chi connectivity index (χ3v) is 3.56. The van der Waals surface area contributed by atoms with E-state index in [1.807, 2.05) is 69.3 Å². The molecule has 144 valence electrons. The summed E-state index contributed by atoms with van der Waals surface area (Å²) in [4.78, 5) is 23.7. The summed E-state index contributed by atoms with van der Waals surface area (Å²) in [5, 5.41) is 8.33. The van der Waals surface area contributed by atoms with Gasteiger partial charge < -0.3 is 20.7 Å². The highest BCUT2D eigenvalue weighted by molar-refractivity contribution is 5.89. The molecule has 0 heterocycles. The number of anilines is 1. The molecule has 2 aromatic carbocycles. The van der Waals surface area contributed by atoms with Crippen molar-refractivity contribution in [2.45, 2.75) is 39.3 Å². The molecule has 0 aromatic heterocycles. The molecule has 2 rings (SSSR count). The van der Waals surface area contributed by atoms with Crippen molar-refractivity contribution < 1.29 is 14.3 Å². The summed E-state index contributed by atoms with van der Waals surface area (Å²) in [6.07, 6.45) is 0.299. The van der Waals surface area contributed by atoms with Gasteiger partial charge in [0.15, 0.2) is 0 Å². The highest BCUT2D eigenvalue weighted by atomic mass is 16.6. The van der Waals surface area contributed by atoms with Crippen LogP contribution in [0.3, 0.4) is 0 Å². The normalized spacial score (nSPS) is 10.8. The van der Waals surface area contributed by atoms with Gasteiger partial charge in [0.05, 0.1) is 0 Å². The van der Waals surface area contributed by atoms with Crippen molar-refractivity contribution in [1.29, 1.82) is 0 Å². The zero-order chi connectivity index (χ0) is 19.7. The molecule has 0 fully saturated rings. The molecule has 0 saturated heterocycles. The summed E-state index contributed by atoms with van der Waals surface area (Å²) in [5.41, 5.74) is 2.16. The van der Waals surface area contributed by atoms with E-state index in [0.717, 1.165) is 12.0 Å². The lowest BCUT2D eigenvalue weighted by Crippen LogP contribution is -2.32. The maximum absolute atomic E-state index is 12.0. The Balaban J connectivity index is 1.77. The number of hydrogen-bond acceptors (Lipinski definition) is 3. The number of alkyl carbamates (subject to hydrolysis) is 1. The molecule has 3 amide bonds. The Bertz CT molecular complexity index is 755. The van der Waals surface area contributed by atoms with Gasteiger partial charge >= 0.3 is 12.1 Å². The maximum atomic E-state index is 12.0. The summed E-state index contributed by atoms with van der Waals surface area (Å²) >= 11 is 0. The second-order valence-corrected chi connectivity index (χ2v) is 7.17. The van der Waals surface area contributed by atoms with Gasteiger partial charge in [-0.1, -0.05) is 42.5 Å². The lowest BCUT2D eigenvalue weighted by atomic mass is 10.1. The summed E-state index contributed by atoms with van der Waals surface area (Å²) in [5.74, 6) is 0. The molecule has 6 nitrogen and oxygen atoms in total. The lowest BCUT2D eigenvalue weighted by Gasteiger charge is -2.19. The summed E-state index contributed by atoms with van der Waals surface area (Å²) in [6, 6.07) is 17.0. The van der Waals surface area contributed by atoms with Crippen molar-refractivity contribution >= 4 is 17.8 Å². The number of ether oxygens (including phenoxy) is 1. The van der Waals surface area contributed by atoms with Gasteiger partial charge in [-0.25, -0.2) is 9.59 Å². The second kappa shape index (κ2) is 9.62. The molecular weight excluding hydrogens is 342 g/mol. The Morgan fingerprint density at radius 1 is 0.926 bits per heavy atom. The molecule has 0 unspecified atom stereocenters. The van der Waals surface area contributed by atoms with Crippen LogP contribution in [0, 0.1) is 0 Å². The van der Waals surface area contributed by atoms with Crippen molar-refractivity contribution in [2.24, 2.45) is 0 Å². The second-order valence-electron chi connectivity index (χ2n) is 7.17. The minimum Gasteiger partial charge on any atom is -0.444 e. The number of carbonyl (C=O) groups is 2. The number of carbonyl (C=O) groups excluding carboxylic acids is 2. The number of nitrogens with one attached hydrogen (secondary N) is 3. The van der Waals surface area contributed by atoms with E-state index >= 15 is 0 Å². The SMILES string of the molecule is CC(C)(C)OC(=O)NCc1cccc(NC(=O)NCCc2ccccc2)c1. The molecule has 27 heavy (non-hydrogen) atoms. The van der Waals surface area contributed by atoms with Crippen molar-refractivity contribution in [3.05, 3.63) is 65.7 Å². The van der Waals surface area contributed by atoms with Gasteiger partial charge in [0.25, 0.3) is 0 Å². The Morgan fingerprint density at radius 2 is 1.63 bits per heavy atom. The smallest absolute Gasteiger partial charge is 0.407 e. The average molecular weight is 369 g/mol. The number of amides is 3. The fourth-order valence-corrected chi connectivity index (χ4v) is 2.39. The molecule has 0 bridgehead atoms. The van der Waals surface area contributed by atoms with E-state index in [9.17, 15) is 9.59 Å². The Labute approximate surface area is 160 Å². The summed E-state index contributed by atoms with van der Waals surface area (Å²) in [6.45, 7) is 6.31. The standard InChI is InChI=1S/C21H27N3O3/c1-21(2,3)27-20(26)23-15-17-10-7-11-18(14-17)24-19(25)22-13-12-16-8-5-4-6-9-16/h4-11,14H,12-13,15H2,1-3H3,(H,23,26)(H2,22,24,25). The monoisotopic (exact) mass is 369 g/mol. The zero-order valence-electron chi connectivity index (χ0n) is 16.0. The molecular formula is C21H27N3O3. The molecule has 0 aliphatic heterocycles. The van der Waals surface area contributed by atoms with Crippen LogP contribution in [0.1, 0.15) is 31.9 Å². The van der Waals surface area contributed by atoms with E-state index in [1.54, 1.807) is 6.07 Å². The van der Waals surface area contributed by atoms with Gasteiger partial charge in [0, 0.05) is 18.8 Å². The van der Waals surface area contributed by atoms with Crippen LogP contribution in [0.25, 0.3) is 0 Å². The van der Waals surface area contributed by atoms with Crippen LogP contribution in [-0.4, -0.2) is 24.3 Å². The van der Waals surface area contributed by atoms with Crippen LogP contribution >= 0.6 is 0 Å². The first-order chi connectivity index (χ1) is 12.8. The fraction of sp³-hybridized carbons (Fsp3) is 0.333. The molecule has 6 heteroatoms. The lowest BCUT2D eigenvalue weighted by molar-refractivity contribution is 0.0523. The third-order valence-electron chi connectivity index (χ3n) is 3.56. The Kier molecular flexibility index (Phi) is 7.23. The highest BCUT2D eigenvalue weighted by Gasteiger charge is 2.15. The summed E-state index contributed by atoms with van der Waals surface area (Å²) in [7, 11) is 0. The van der Waals surface area contributed by atoms with E-state index in [1.165, 1.54) is 5.56 Å². The number of hydrogen-bond donors (Lipinski definition) is 3. The van der Waals surface area contributed by atoms with E-state index in [-0.39, 0.29) is 6.03 Å². The van der Waals surface area contributed by atoms with E-state index in [2.05, 4.69) is 16.0 Å². The number of benzene rings is 2. The molecule has 0 radical (unpaired) electrons. The predicted octanol–water partition coefficient (Wildman–Crippen LogP) is 4.08. The Morgan fingerprint density at radius 3 is 2.33 bits per heavy atom. The maximum Gasteiger partial charge on any atom is 0.407 e. The molecule has 0 atom stereocenters. The highest BCUT2D eigenvalue weighted by Crippen LogP contribution is 2.11. The average Bonchev–Trinajstić information content (AvgIpc) is 2.60. The zero-order valence-corrected chi connectivity index (χ0v) is 16.0. The minimum absolute atomic E-state index is 0.261. The van der Waals surface area contributed by atoms with Gasteiger partial charge in [-0.2, -0.15) is 0 Å². The van der Waals surface area contributed by atoms with Crippen LogP contribution in [0.15, 0.2) is 54.6 Å². The molecule has 2 aromatic rings. The molecule has 0 saturated carbocycles. The van der Waals surface area contributed by atoms with Crippen LogP contribution in [0.5, 0.6) is 0 Å². The van der Waals surface area contributed by atoms with Gasteiger partial charge in [-0.05, 0) is 50.5 Å². The molecule has 0 spiro atoms. The van der Waals surface area contributed by atoms with Crippen LogP contribution in [0.2, 0.25) is 0 Å². The number of urea groups is 1. The van der Waals surface area contributed by atoms with Gasteiger partial charge in [0.2, 0.25) is 0 Å². The Hall–Kier alpha value is -3.02. The van der Waals surface area contributed by atoms with Gasteiger partial charge in [0.1, 0.15) is 5.60 Å². The molecule has 0 aliphatic carbocycles. The van der Waals surface area contributed by atoms with Crippen molar-refractivity contribution in [3.63, 3.8) is 0 Å². The minimum atomic E-state index is -0.536. The van der Waals surface area contributed by atoms with E-state index in [0.29, 0.717) is 18.8 Å². The third kappa shape index (κ3) is 8.27. The summed E-state index contributed by atoms with van der Waals surface area (Å²) < 4.78 is 5.21. The first-order valence-corrected chi connectivity index (χ1v) is 8.96.